The van der Waals surface area contributed by atoms with Gasteiger partial charge in [-0.1, -0.05) is 0 Å². The molecule has 8 heteroatoms. The van der Waals surface area contributed by atoms with Gasteiger partial charge in [-0.15, -0.1) is 0 Å². The normalized spacial score (nSPS) is 11.2. The van der Waals surface area contributed by atoms with Crippen molar-refractivity contribution < 1.29 is 32.2 Å². The molecule has 20 heavy (non-hydrogen) atoms. The van der Waals surface area contributed by atoms with Crippen LogP contribution in [0.4, 0.5) is 18.9 Å². The van der Waals surface area contributed by atoms with Crippen molar-refractivity contribution in [2.45, 2.75) is 6.18 Å². The van der Waals surface area contributed by atoms with Gasteiger partial charge in [0.2, 0.25) is 0 Å². The summed E-state index contributed by atoms with van der Waals surface area (Å²) >= 11 is 0. The Morgan fingerprint density at radius 1 is 1.15 bits per heavy atom. The molecule has 0 atom stereocenters. The Bertz CT molecular complexity index is 420. The van der Waals surface area contributed by atoms with Crippen molar-refractivity contribution in [1.29, 1.82) is 0 Å². The Labute approximate surface area is 113 Å². The average Bonchev–Trinajstić information content (AvgIpc) is 2.36. The van der Waals surface area contributed by atoms with Crippen LogP contribution in [0.2, 0.25) is 0 Å². The van der Waals surface area contributed by atoms with E-state index in [4.69, 9.17) is 10.5 Å². The lowest BCUT2D eigenvalue weighted by Crippen LogP contribution is -2.21. The van der Waals surface area contributed by atoms with E-state index in [-0.39, 0.29) is 19.8 Å². The molecule has 0 bridgehead atoms. The van der Waals surface area contributed by atoms with Crippen molar-refractivity contribution in [2.75, 3.05) is 32.2 Å². The number of alkyl halides is 3. The lowest BCUT2D eigenvalue weighted by molar-refractivity contribution is -0.177. The third-order valence-electron chi connectivity index (χ3n) is 1.99. The Morgan fingerprint density at radius 3 is 2.40 bits per heavy atom. The highest BCUT2D eigenvalue weighted by molar-refractivity contribution is 5.71. The maximum absolute atomic E-state index is 11.7. The molecule has 0 radical (unpaired) electrons. The molecule has 1 rings (SSSR count). The number of nitrogen functional groups attached to an aromatic ring is 1. The molecule has 0 fully saturated rings. The molecule has 1 aromatic rings. The number of benzene rings is 1. The van der Waals surface area contributed by atoms with E-state index in [1.54, 1.807) is 24.3 Å². The summed E-state index contributed by atoms with van der Waals surface area (Å²) in [6, 6.07) is 6.36. The first-order valence-electron chi connectivity index (χ1n) is 5.65. The summed E-state index contributed by atoms with van der Waals surface area (Å²) in [6.45, 7) is -2.30. The molecular weight excluding hydrogens is 279 g/mol. The van der Waals surface area contributed by atoms with E-state index in [1.165, 1.54) is 0 Å². The van der Waals surface area contributed by atoms with Crippen LogP contribution in [0.25, 0.3) is 0 Å². The SMILES string of the molecule is Nc1ccc(OCC(=O)OCCOCC(F)(F)F)cc1. The third kappa shape index (κ3) is 7.47. The lowest BCUT2D eigenvalue weighted by Gasteiger charge is -2.09. The molecule has 0 spiro atoms. The topological polar surface area (TPSA) is 70.8 Å². The summed E-state index contributed by atoms with van der Waals surface area (Å²) in [4.78, 5) is 11.2. The number of hydrogen-bond acceptors (Lipinski definition) is 5. The number of carbonyl (C=O) groups excluding carboxylic acids is 1. The average molecular weight is 293 g/mol. The minimum atomic E-state index is -4.39. The Morgan fingerprint density at radius 2 is 1.80 bits per heavy atom. The second-order valence-electron chi connectivity index (χ2n) is 3.75. The van der Waals surface area contributed by atoms with Gasteiger partial charge in [-0.2, -0.15) is 13.2 Å². The highest BCUT2D eigenvalue weighted by Gasteiger charge is 2.27. The van der Waals surface area contributed by atoms with Crippen LogP contribution in [-0.4, -0.2) is 38.6 Å². The van der Waals surface area contributed by atoms with Gasteiger partial charge in [0.1, 0.15) is 19.0 Å². The zero-order valence-corrected chi connectivity index (χ0v) is 10.5. The van der Waals surface area contributed by atoms with Crippen molar-refractivity contribution >= 4 is 11.7 Å². The number of anilines is 1. The second-order valence-corrected chi connectivity index (χ2v) is 3.75. The van der Waals surface area contributed by atoms with Gasteiger partial charge in [0, 0.05) is 5.69 Å². The number of hydrogen-bond donors (Lipinski definition) is 1. The highest BCUT2D eigenvalue weighted by Crippen LogP contribution is 2.14. The van der Waals surface area contributed by atoms with Gasteiger partial charge >= 0.3 is 12.1 Å². The van der Waals surface area contributed by atoms with Crippen molar-refractivity contribution in [1.82, 2.24) is 0 Å². The first-order chi connectivity index (χ1) is 9.37. The van der Waals surface area contributed by atoms with Crippen molar-refractivity contribution in [3.63, 3.8) is 0 Å². The number of rotatable bonds is 7. The van der Waals surface area contributed by atoms with Crippen LogP contribution in [0.3, 0.4) is 0 Å². The van der Waals surface area contributed by atoms with Gasteiger partial charge in [-0.25, -0.2) is 4.79 Å². The number of halogens is 3. The summed E-state index contributed by atoms with van der Waals surface area (Å²) in [6.07, 6.45) is -4.39. The van der Waals surface area contributed by atoms with E-state index in [0.29, 0.717) is 11.4 Å². The monoisotopic (exact) mass is 293 g/mol. The van der Waals surface area contributed by atoms with Crippen LogP contribution in [0.1, 0.15) is 0 Å². The molecule has 2 N–H and O–H groups in total. The fourth-order valence-corrected chi connectivity index (χ4v) is 1.15. The predicted octanol–water partition coefficient (Wildman–Crippen LogP) is 1.77. The van der Waals surface area contributed by atoms with E-state index >= 15 is 0 Å². The van der Waals surface area contributed by atoms with Crippen LogP contribution in [-0.2, 0) is 14.3 Å². The summed E-state index contributed by atoms with van der Waals surface area (Å²) < 4.78 is 49.1. The van der Waals surface area contributed by atoms with Crippen LogP contribution in [0.5, 0.6) is 5.75 Å². The fourth-order valence-electron chi connectivity index (χ4n) is 1.15. The molecule has 0 aromatic heterocycles. The number of ether oxygens (including phenoxy) is 3. The Balaban J connectivity index is 2.10. The quantitative estimate of drug-likeness (QED) is 0.471. The molecule has 0 saturated heterocycles. The smallest absolute Gasteiger partial charge is 0.411 e. The molecule has 0 aliphatic heterocycles. The fraction of sp³-hybridized carbons (Fsp3) is 0.417. The summed E-state index contributed by atoms with van der Waals surface area (Å²) in [5.41, 5.74) is 6.02. The molecule has 0 aliphatic carbocycles. The van der Waals surface area contributed by atoms with Crippen LogP contribution < -0.4 is 10.5 Å². The van der Waals surface area contributed by atoms with Gasteiger partial charge in [0.05, 0.1) is 6.61 Å². The molecule has 112 valence electrons. The lowest BCUT2D eigenvalue weighted by atomic mass is 10.3. The first-order valence-corrected chi connectivity index (χ1v) is 5.65. The molecule has 0 aliphatic rings. The molecule has 5 nitrogen and oxygen atoms in total. The molecule has 0 heterocycles. The molecule has 0 saturated carbocycles. The van der Waals surface area contributed by atoms with E-state index in [2.05, 4.69) is 9.47 Å². The van der Waals surface area contributed by atoms with Gasteiger partial charge in [0.25, 0.3) is 0 Å². The van der Waals surface area contributed by atoms with Crippen molar-refractivity contribution in [3.05, 3.63) is 24.3 Å². The Kier molecular flexibility index (Phi) is 6.10. The zero-order valence-electron chi connectivity index (χ0n) is 10.5. The number of esters is 1. The van der Waals surface area contributed by atoms with Crippen LogP contribution >= 0.6 is 0 Å². The van der Waals surface area contributed by atoms with Gasteiger partial charge in [-0.3, -0.25) is 0 Å². The minimum Gasteiger partial charge on any atom is -0.482 e. The van der Waals surface area contributed by atoms with Gasteiger partial charge in [0.15, 0.2) is 6.61 Å². The van der Waals surface area contributed by atoms with Gasteiger partial charge in [-0.05, 0) is 24.3 Å². The largest absolute Gasteiger partial charge is 0.482 e. The van der Waals surface area contributed by atoms with Gasteiger partial charge < -0.3 is 19.9 Å². The van der Waals surface area contributed by atoms with E-state index in [0.717, 1.165) is 0 Å². The van der Waals surface area contributed by atoms with E-state index in [9.17, 15) is 18.0 Å². The maximum atomic E-state index is 11.7. The van der Waals surface area contributed by atoms with Crippen molar-refractivity contribution in [2.24, 2.45) is 0 Å². The third-order valence-corrected chi connectivity index (χ3v) is 1.99. The van der Waals surface area contributed by atoms with E-state index in [1.807, 2.05) is 0 Å². The number of nitrogens with two attached hydrogens (primary N) is 1. The summed E-state index contributed by atoms with van der Waals surface area (Å²) in [5.74, 6) is -0.262. The minimum absolute atomic E-state index is 0.264. The standard InChI is InChI=1S/C12H14F3NO4/c13-12(14,15)8-18-5-6-19-11(17)7-20-10-3-1-9(16)2-4-10/h1-4H,5-8,16H2. The van der Waals surface area contributed by atoms with Crippen molar-refractivity contribution in [3.8, 4) is 5.75 Å². The Hall–Kier alpha value is -1.96. The van der Waals surface area contributed by atoms with Crippen LogP contribution in [0.15, 0.2) is 24.3 Å². The predicted molar refractivity (Wildman–Crippen MR) is 64.2 cm³/mol. The van der Waals surface area contributed by atoms with E-state index < -0.39 is 18.8 Å². The summed E-state index contributed by atoms with van der Waals surface area (Å²) in [5, 5.41) is 0. The van der Waals surface area contributed by atoms with Crippen LogP contribution in [0, 0.1) is 0 Å². The first kappa shape index (κ1) is 16.1. The maximum Gasteiger partial charge on any atom is 0.411 e. The molecule has 1 aromatic carbocycles. The second kappa shape index (κ2) is 7.59. The zero-order chi connectivity index (χ0) is 15.0. The molecule has 0 amide bonds. The molecule has 0 unspecified atom stereocenters. The number of carbonyl (C=O) groups is 1. The summed E-state index contributed by atoms with van der Waals surface area (Å²) in [7, 11) is 0. The molecular formula is C12H14F3NO4. The highest BCUT2D eigenvalue weighted by atomic mass is 19.4.